The quantitative estimate of drug-likeness (QED) is 0.428. The highest BCUT2D eigenvalue weighted by Crippen LogP contribution is 2.28. The third-order valence-electron chi connectivity index (χ3n) is 5.23. The third-order valence-corrected chi connectivity index (χ3v) is 6.19. The largest absolute Gasteiger partial charge is 0.496 e. The van der Waals surface area contributed by atoms with Crippen LogP contribution >= 0.6 is 11.3 Å². The van der Waals surface area contributed by atoms with Gasteiger partial charge in [0.25, 0.3) is 5.56 Å². The maximum atomic E-state index is 14.8. The van der Waals surface area contributed by atoms with Crippen molar-refractivity contribution in [2.75, 3.05) is 19.1 Å². The van der Waals surface area contributed by atoms with Crippen LogP contribution in [-0.2, 0) is 6.54 Å². The molecule has 2 heterocycles. The first-order chi connectivity index (χ1) is 16.1. The molecule has 34 heavy (non-hydrogen) atoms. The number of fused-ring (bicyclic) bond motifs is 1. The summed E-state index contributed by atoms with van der Waals surface area (Å²) in [6, 6.07) is 5.70. The van der Waals surface area contributed by atoms with Crippen molar-refractivity contribution in [3.05, 3.63) is 84.4 Å². The third kappa shape index (κ3) is 3.81. The van der Waals surface area contributed by atoms with Gasteiger partial charge in [0, 0.05) is 24.7 Å². The molecule has 176 valence electrons. The number of hydrogen-bond donors (Lipinski definition) is 2. The first-order valence-electron chi connectivity index (χ1n) is 9.65. The van der Waals surface area contributed by atoms with Crippen LogP contribution in [0.15, 0.2) is 45.3 Å². The standard InChI is InChI=1S/C22H16F3N3O5S/c1-27(8-11-16(33-2)6-5-13(24)18(11)25)10-3-4-12(23)15(7-10)28-20(29)17-14(26-22(28)32)9-34-19(17)21(30)31/h3-7,9H,8H2,1-2H3,(H,26,32)(H,30,31). The number of ether oxygens (including phenoxy) is 1. The molecule has 0 bridgehead atoms. The zero-order valence-corrected chi connectivity index (χ0v) is 18.5. The summed E-state index contributed by atoms with van der Waals surface area (Å²) < 4.78 is 48.5. The van der Waals surface area contributed by atoms with Crippen molar-refractivity contribution in [1.29, 1.82) is 0 Å². The minimum Gasteiger partial charge on any atom is -0.496 e. The Morgan fingerprint density at radius 1 is 1.18 bits per heavy atom. The molecule has 0 aliphatic carbocycles. The normalized spacial score (nSPS) is 11.1. The number of carbonyl (C=O) groups is 1. The van der Waals surface area contributed by atoms with E-state index in [0.717, 1.165) is 23.5 Å². The van der Waals surface area contributed by atoms with Crippen molar-refractivity contribution in [1.82, 2.24) is 9.55 Å². The van der Waals surface area contributed by atoms with Crippen LogP contribution in [0, 0.1) is 17.5 Å². The predicted molar refractivity (Wildman–Crippen MR) is 120 cm³/mol. The van der Waals surface area contributed by atoms with E-state index in [1.165, 1.54) is 42.6 Å². The second kappa shape index (κ2) is 8.71. The molecule has 2 aromatic heterocycles. The van der Waals surface area contributed by atoms with Gasteiger partial charge >= 0.3 is 11.7 Å². The summed E-state index contributed by atoms with van der Waals surface area (Å²) in [6.07, 6.45) is 0. The lowest BCUT2D eigenvalue weighted by atomic mass is 10.1. The number of aromatic carboxylic acids is 1. The van der Waals surface area contributed by atoms with Crippen molar-refractivity contribution in [3.8, 4) is 11.4 Å². The number of H-pyrrole nitrogens is 1. The number of hydrogen-bond acceptors (Lipinski definition) is 6. The summed E-state index contributed by atoms with van der Waals surface area (Å²) >= 11 is 0.754. The molecule has 0 spiro atoms. The van der Waals surface area contributed by atoms with E-state index in [4.69, 9.17) is 4.74 Å². The van der Waals surface area contributed by atoms with E-state index in [1.807, 2.05) is 0 Å². The molecule has 4 aromatic rings. The Bertz CT molecular complexity index is 1560. The van der Waals surface area contributed by atoms with Gasteiger partial charge in [-0.1, -0.05) is 0 Å². The molecular formula is C22H16F3N3O5S. The van der Waals surface area contributed by atoms with Crippen molar-refractivity contribution in [3.63, 3.8) is 0 Å². The van der Waals surface area contributed by atoms with Gasteiger partial charge in [0.05, 0.1) is 29.3 Å². The molecule has 0 saturated heterocycles. The smallest absolute Gasteiger partial charge is 0.346 e. The number of aromatic nitrogens is 2. The van der Waals surface area contributed by atoms with Gasteiger partial charge < -0.3 is 19.7 Å². The summed E-state index contributed by atoms with van der Waals surface area (Å²) in [4.78, 5) is 40.6. The minimum atomic E-state index is -1.37. The topological polar surface area (TPSA) is 105 Å². The Balaban J connectivity index is 1.83. The monoisotopic (exact) mass is 491 g/mol. The second-order valence-corrected chi connectivity index (χ2v) is 8.14. The Morgan fingerprint density at radius 2 is 1.88 bits per heavy atom. The lowest BCUT2D eigenvalue weighted by Crippen LogP contribution is -2.34. The fraction of sp³-hybridized carbons (Fsp3) is 0.136. The average molecular weight is 491 g/mol. The molecule has 2 N–H and O–H groups in total. The van der Waals surface area contributed by atoms with Crippen molar-refractivity contribution in [2.24, 2.45) is 0 Å². The highest BCUT2D eigenvalue weighted by molar-refractivity contribution is 7.13. The summed E-state index contributed by atoms with van der Waals surface area (Å²) in [5.41, 5.74) is -2.21. The molecule has 12 heteroatoms. The molecule has 0 amide bonds. The lowest BCUT2D eigenvalue weighted by Gasteiger charge is -2.22. The number of rotatable bonds is 6. The molecule has 0 unspecified atom stereocenters. The first kappa shape index (κ1) is 23.1. The second-order valence-electron chi connectivity index (χ2n) is 7.26. The number of nitrogens with zero attached hydrogens (tertiary/aromatic N) is 2. The van der Waals surface area contributed by atoms with Crippen LogP contribution in [0.3, 0.4) is 0 Å². The van der Waals surface area contributed by atoms with Crippen LogP contribution in [0.1, 0.15) is 15.2 Å². The van der Waals surface area contributed by atoms with Crippen molar-refractivity contribution < 1.29 is 27.8 Å². The molecular weight excluding hydrogens is 475 g/mol. The Labute approximate surface area is 193 Å². The number of carboxylic acids is 1. The number of benzene rings is 2. The SMILES string of the molecule is COc1ccc(F)c(F)c1CN(C)c1ccc(F)c(-n2c(=O)[nH]c3csc(C(=O)O)c3c2=O)c1. The number of halogens is 3. The van der Waals surface area contributed by atoms with Gasteiger partial charge in [0.1, 0.15) is 16.4 Å². The number of anilines is 1. The number of methoxy groups -OCH3 is 1. The van der Waals surface area contributed by atoms with Crippen LogP contribution in [0.4, 0.5) is 18.9 Å². The zero-order valence-electron chi connectivity index (χ0n) is 17.7. The van der Waals surface area contributed by atoms with E-state index < -0.39 is 40.4 Å². The van der Waals surface area contributed by atoms with E-state index in [0.29, 0.717) is 4.57 Å². The van der Waals surface area contributed by atoms with Crippen LogP contribution in [0.2, 0.25) is 0 Å². The van der Waals surface area contributed by atoms with Gasteiger partial charge in [-0.3, -0.25) is 4.79 Å². The summed E-state index contributed by atoms with van der Waals surface area (Å²) in [7, 11) is 2.81. The van der Waals surface area contributed by atoms with E-state index >= 15 is 0 Å². The molecule has 8 nitrogen and oxygen atoms in total. The summed E-state index contributed by atoms with van der Waals surface area (Å²) in [5.74, 6) is -4.36. The molecule has 0 fully saturated rings. The van der Waals surface area contributed by atoms with E-state index in [9.17, 15) is 32.7 Å². The predicted octanol–water partition coefficient (Wildman–Crippen LogP) is 3.50. The number of aromatic amines is 1. The van der Waals surface area contributed by atoms with Crippen LogP contribution in [0.5, 0.6) is 5.75 Å². The molecule has 0 aliphatic rings. The van der Waals surface area contributed by atoms with Gasteiger partial charge in [-0.15, -0.1) is 11.3 Å². The van der Waals surface area contributed by atoms with Crippen LogP contribution < -0.4 is 20.9 Å². The number of thiophene rings is 1. The Kier molecular flexibility index (Phi) is 5.92. The molecule has 0 aliphatic heterocycles. The highest BCUT2D eigenvalue weighted by Gasteiger charge is 2.22. The van der Waals surface area contributed by atoms with Crippen molar-refractivity contribution in [2.45, 2.75) is 6.54 Å². The van der Waals surface area contributed by atoms with Gasteiger partial charge in [0.2, 0.25) is 0 Å². The molecule has 0 saturated carbocycles. The van der Waals surface area contributed by atoms with E-state index in [-0.39, 0.29) is 39.3 Å². The lowest BCUT2D eigenvalue weighted by molar-refractivity contribution is 0.0704. The molecule has 0 atom stereocenters. The summed E-state index contributed by atoms with van der Waals surface area (Å²) in [6.45, 7) is -0.185. The van der Waals surface area contributed by atoms with Gasteiger partial charge in [-0.05, 0) is 30.3 Å². The molecule has 0 radical (unpaired) electrons. The highest BCUT2D eigenvalue weighted by atomic mass is 32.1. The first-order valence-corrected chi connectivity index (χ1v) is 10.5. The van der Waals surface area contributed by atoms with Gasteiger partial charge in [-0.2, -0.15) is 0 Å². The minimum absolute atomic E-state index is 0.0241. The zero-order chi connectivity index (χ0) is 24.7. The van der Waals surface area contributed by atoms with E-state index in [2.05, 4.69) is 4.98 Å². The molecule has 4 rings (SSSR count). The maximum absolute atomic E-state index is 14.8. The van der Waals surface area contributed by atoms with Crippen molar-refractivity contribution >= 4 is 33.9 Å². The average Bonchev–Trinajstić information content (AvgIpc) is 3.22. The van der Waals surface area contributed by atoms with Gasteiger partial charge in [0.15, 0.2) is 11.6 Å². The number of nitrogens with one attached hydrogen (secondary N) is 1. The maximum Gasteiger partial charge on any atom is 0.346 e. The van der Waals surface area contributed by atoms with Gasteiger partial charge in [-0.25, -0.2) is 27.3 Å². The molecule has 2 aromatic carbocycles. The van der Waals surface area contributed by atoms with E-state index in [1.54, 1.807) is 0 Å². The Hall–Kier alpha value is -4.06. The summed E-state index contributed by atoms with van der Waals surface area (Å²) in [5, 5.41) is 10.4. The van der Waals surface area contributed by atoms with Crippen LogP contribution in [-0.4, -0.2) is 34.8 Å². The van der Waals surface area contributed by atoms with Crippen LogP contribution in [0.25, 0.3) is 16.6 Å². The Morgan fingerprint density at radius 3 is 2.56 bits per heavy atom. The fourth-order valence-electron chi connectivity index (χ4n) is 3.57. The fourth-order valence-corrected chi connectivity index (χ4v) is 4.39. The number of carboxylic acid groups (broad SMARTS) is 1.